The van der Waals surface area contributed by atoms with Gasteiger partial charge in [-0.3, -0.25) is 5.10 Å². The predicted octanol–water partition coefficient (Wildman–Crippen LogP) is 2.12. The Balaban J connectivity index is 0.00000133. The number of aromatic amines is 1. The third-order valence-electron chi connectivity index (χ3n) is 3.32. The zero-order chi connectivity index (χ0) is 12.4. The van der Waals surface area contributed by atoms with E-state index >= 15 is 0 Å². The first-order chi connectivity index (χ1) is 8.88. The molecule has 1 aliphatic heterocycles. The summed E-state index contributed by atoms with van der Waals surface area (Å²) >= 11 is 0. The predicted molar refractivity (Wildman–Crippen MR) is 76.4 cm³/mol. The second kappa shape index (κ2) is 6.12. The van der Waals surface area contributed by atoms with E-state index in [4.69, 9.17) is 9.47 Å². The second-order valence-corrected chi connectivity index (χ2v) is 4.50. The molecule has 1 aliphatic rings. The van der Waals surface area contributed by atoms with Crippen molar-refractivity contribution in [3.05, 3.63) is 18.3 Å². The van der Waals surface area contributed by atoms with Gasteiger partial charge in [-0.05, 0) is 38.1 Å². The maximum atomic E-state index is 6.05. The smallest absolute Gasteiger partial charge is 0.171 e. The number of ether oxygens (including phenoxy) is 2. The summed E-state index contributed by atoms with van der Waals surface area (Å²) in [6.07, 6.45) is 4.10. The molecule has 1 aromatic carbocycles. The van der Waals surface area contributed by atoms with Crippen LogP contribution in [-0.2, 0) is 0 Å². The number of hydrogen-bond donors (Lipinski definition) is 2. The highest BCUT2D eigenvalue weighted by Gasteiger charge is 2.18. The first-order valence-corrected chi connectivity index (χ1v) is 6.26. The van der Waals surface area contributed by atoms with Crippen molar-refractivity contribution in [2.24, 2.45) is 0 Å². The summed E-state index contributed by atoms with van der Waals surface area (Å²) in [4.78, 5) is 0. The Hall–Kier alpha value is -1.46. The van der Waals surface area contributed by atoms with E-state index in [1.54, 1.807) is 13.3 Å². The molecule has 1 aromatic heterocycles. The molecule has 2 N–H and O–H groups in total. The molecule has 1 fully saturated rings. The fourth-order valence-corrected chi connectivity index (χ4v) is 2.37. The molecule has 5 nitrogen and oxygen atoms in total. The Morgan fingerprint density at radius 2 is 2.05 bits per heavy atom. The van der Waals surface area contributed by atoms with Gasteiger partial charge in [0.15, 0.2) is 11.5 Å². The monoisotopic (exact) mass is 283 g/mol. The van der Waals surface area contributed by atoms with Gasteiger partial charge in [-0.15, -0.1) is 12.4 Å². The molecular weight excluding hydrogens is 266 g/mol. The number of H-pyrrole nitrogens is 1. The summed E-state index contributed by atoms with van der Waals surface area (Å²) < 4.78 is 11.5. The van der Waals surface area contributed by atoms with Gasteiger partial charge in [-0.1, -0.05) is 0 Å². The van der Waals surface area contributed by atoms with E-state index in [9.17, 15) is 0 Å². The number of halogens is 1. The molecule has 2 aromatic rings. The second-order valence-electron chi connectivity index (χ2n) is 4.50. The van der Waals surface area contributed by atoms with Crippen LogP contribution < -0.4 is 14.8 Å². The lowest BCUT2D eigenvalue weighted by atomic mass is 10.1. The summed E-state index contributed by atoms with van der Waals surface area (Å²) in [5, 5.41) is 11.2. The standard InChI is InChI=1S/C13H17N3O2.ClH/c1-17-13-10-8-15-16-11(10)2-3-12(13)18-9-4-6-14-7-5-9;/h2-3,8-9,14H,4-7H2,1H3,(H,15,16);1H. The molecule has 19 heavy (non-hydrogen) atoms. The van der Waals surface area contributed by atoms with Gasteiger partial charge in [0.2, 0.25) is 0 Å². The Kier molecular flexibility index (Phi) is 4.50. The molecule has 0 atom stereocenters. The lowest BCUT2D eigenvalue weighted by Crippen LogP contribution is -2.34. The molecule has 0 bridgehead atoms. The van der Waals surface area contributed by atoms with Crippen molar-refractivity contribution in [3.8, 4) is 11.5 Å². The van der Waals surface area contributed by atoms with Crippen LogP contribution in [0.15, 0.2) is 18.3 Å². The van der Waals surface area contributed by atoms with Gasteiger partial charge >= 0.3 is 0 Å². The van der Waals surface area contributed by atoms with Crippen LogP contribution in [0.1, 0.15) is 12.8 Å². The number of fused-ring (bicyclic) bond motifs is 1. The van der Waals surface area contributed by atoms with E-state index in [0.717, 1.165) is 48.3 Å². The highest BCUT2D eigenvalue weighted by Crippen LogP contribution is 2.35. The minimum absolute atomic E-state index is 0. The van der Waals surface area contributed by atoms with E-state index in [2.05, 4.69) is 15.5 Å². The van der Waals surface area contributed by atoms with E-state index in [1.165, 1.54) is 0 Å². The van der Waals surface area contributed by atoms with Gasteiger partial charge < -0.3 is 14.8 Å². The van der Waals surface area contributed by atoms with Crippen LogP contribution >= 0.6 is 12.4 Å². The van der Waals surface area contributed by atoms with Gasteiger partial charge in [-0.25, -0.2) is 0 Å². The van der Waals surface area contributed by atoms with E-state index in [-0.39, 0.29) is 18.5 Å². The Morgan fingerprint density at radius 1 is 1.26 bits per heavy atom. The number of benzene rings is 1. The molecule has 1 saturated heterocycles. The number of aromatic nitrogens is 2. The molecule has 0 saturated carbocycles. The van der Waals surface area contributed by atoms with Gasteiger partial charge in [0.25, 0.3) is 0 Å². The van der Waals surface area contributed by atoms with Crippen LogP contribution in [0.25, 0.3) is 10.9 Å². The zero-order valence-electron chi connectivity index (χ0n) is 10.8. The SMILES string of the molecule is COc1c(OC2CCNCC2)ccc2[nH]ncc12.Cl. The van der Waals surface area contributed by atoms with Gasteiger partial charge in [-0.2, -0.15) is 5.10 Å². The first kappa shape index (κ1) is 14.0. The third-order valence-corrected chi connectivity index (χ3v) is 3.32. The molecule has 0 aliphatic carbocycles. The van der Waals surface area contributed by atoms with E-state index in [1.807, 2.05) is 12.1 Å². The summed E-state index contributed by atoms with van der Waals surface area (Å²) in [6, 6.07) is 3.92. The number of rotatable bonds is 3. The van der Waals surface area contributed by atoms with Crippen LogP contribution in [0.5, 0.6) is 11.5 Å². The number of nitrogens with one attached hydrogen (secondary N) is 2. The van der Waals surface area contributed by atoms with Crippen LogP contribution in [0.2, 0.25) is 0 Å². The summed E-state index contributed by atoms with van der Waals surface area (Å²) in [6.45, 7) is 2.03. The molecule has 2 heterocycles. The lowest BCUT2D eigenvalue weighted by Gasteiger charge is -2.24. The molecule has 0 unspecified atom stereocenters. The molecule has 0 amide bonds. The minimum atomic E-state index is 0. The van der Waals surface area contributed by atoms with Crippen molar-refractivity contribution < 1.29 is 9.47 Å². The molecule has 104 valence electrons. The van der Waals surface area contributed by atoms with Crippen LogP contribution in [0.4, 0.5) is 0 Å². The largest absolute Gasteiger partial charge is 0.492 e. The van der Waals surface area contributed by atoms with E-state index < -0.39 is 0 Å². The topological polar surface area (TPSA) is 59.2 Å². The first-order valence-electron chi connectivity index (χ1n) is 6.26. The van der Waals surface area contributed by atoms with Crippen LogP contribution in [0, 0.1) is 0 Å². The van der Waals surface area contributed by atoms with Gasteiger partial charge in [0.05, 0.1) is 24.2 Å². The number of hydrogen-bond acceptors (Lipinski definition) is 4. The average molecular weight is 284 g/mol. The maximum absolute atomic E-state index is 6.05. The number of methoxy groups -OCH3 is 1. The van der Waals surface area contributed by atoms with E-state index in [0.29, 0.717) is 0 Å². The fourth-order valence-electron chi connectivity index (χ4n) is 2.37. The summed E-state index contributed by atoms with van der Waals surface area (Å²) in [7, 11) is 1.66. The molecule has 0 spiro atoms. The van der Waals surface area contributed by atoms with Crippen molar-refractivity contribution in [2.75, 3.05) is 20.2 Å². The summed E-state index contributed by atoms with van der Waals surface area (Å²) in [5.41, 5.74) is 0.963. The quantitative estimate of drug-likeness (QED) is 0.906. The molecular formula is C13H18ClN3O2. The highest BCUT2D eigenvalue weighted by atomic mass is 35.5. The number of nitrogens with zero attached hydrogens (tertiary/aromatic N) is 1. The molecule has 0 radical (unpaired) electrons. The van der Waals surface area contributed by atoms with Gasteiger partial charge in [0.1, 0.15) is 6.10 Å². The van der Waals surface area contributed by atoms with Crippen LogP contribution in [-0.4, -0.2) is 36.5 Å². The maximum Gasteiger partial charge on any atom is 0.171 e. The normalized spacial score (nSPS) is 16.1. The minimum Gasteiger partial charge on any atom is -0.492 e. The van der Waals surface area contributed by atoms with Crippen molar-refractivity contribution in [3.63, 3.8) is 0 Å². The number of piperidine rings is 1. The molecule has 6 heteroatoms. The Labute approximate surface area is 118 Å². The average Bonchev–Trinajstić information content (AvgIpc) is 2.88. The zero-order valence-corrected chi connectivity index (χ0v) is 11.6. The Bertz CT molecular complexity index is 538. The van der Waals surface area contributed by atoms with Crippen molar-refractivity contribution in [1.29, 1.82) is 0 Å². The molecule has 3 rings (SSSR count). The highest BCUT2D eigenvalue weighted by molar-refractivity contribution is 5.87. The van der Waals surface area contributed by atoms with Crippen molar-refractivity contribution in [1.82, 2.24) is 15.5 Å². The summed E-state index contributed by atoms with van der Waals surface area (Å²) in [5.74, 6) is 1.57. The fraction of sp³-hybridized carbons (Fsp3) is 0.462. The Morgan fingerprint density at radius 3 is 2.79 bits per heavy atom. The van der Waals surface area contributed by atoms with Gasteiger partial charge in [0, 0.05) is 0 Å². The van der Waals surface area contributed by atoms with Crippen molar-refractivity contribution in [2.45, 2.75) is 18.9 Å². The third kappa shape index (κ3) is 2.77. The van der Waals surface area contributed by atoms with Crippen molar-refractivity contribution >= 4 is 23.3 Å². The lowest BCUT2D eigenvalue weighted by molar-refractivity contribution is 0.157. The van der Waals surface area contributed by atoms with Crippen LogP contribution in [0.3, 0.4) is 0 Å².